The first-order valence-electron chi connectivity index (χ1n) is 4.17. The first-order chi connectivity index (χ1) is 7.29. The van der Waals surface area contributed by atoms with Crippen LogP contribution in [0.4, 0.5) is 0 Å². The third-order valence-electron chi connectivity index (χ3n) is 1.96. The van der Waals surface area contributed by atoms with Crippen LogP contribution in [-0.4, -0.2) is 10.4 Å². The van der Waals surface area contributed by atoms with Gasteiger partial charge in [-0.25, -0.2) is 5.26 Å². The van der Waals surface area contributed by atoms with Crippen LogP contribution in [0.15, 0.2) is 41.3 Å². The zero-order valence-electron chi connectivity index (χ0n) is 7.58. The smallest absolute Gasteiger partial charge is 0.116 e. The molecule has 0 heterocycles. The molecule has 2 N–H and O–H groups in total. The van der Waals surface area contributed by atoms with E-state index in [0.29, 0.717) is 0 Å². The SMILES string of the molecule is OOOSc1ccc2ccc(O)cc2c1. The number of hydrogen-bond donors (Lipinski definition) is 2. The first-order valence-corrected chi connectivity index (χ1v) is 4.91. The molecule has 4 nitrogen and oxygen atoms in total. The summed E-state index contributed by atoms with van der Waals surface area (Å²) in [7, 11) is 0. The van der Waals surface area contributed by atoms with E-state index in [1.807, 2.05) is 24.3 Å². The standard InChI is InChI=1S/C10H8O4S/c11-9-3-1-7-2-4-10(15-14-13-12)6-8(7)5-9/h1-6,11-12H. The van der Waals surface area contributed by atoms with Gasteiger partial charge in [-0.1, -0.05) is 17.2 Å². The summed E-state index contributed by atoms with van der Waals surface area (Å²) in [4.78, 5) is 0.766. The van der Waals surface area contributed by atoms with Crippen LogP contribution in [0.3, 0.4) is 0 Å². The number of phenolic OH excluding ortho intramolecular Hbond substituents is 1. The van der Waals surface area contributed by atoms with Crippen molar-refractivity contribution in [1.29, 1.82) is 0 Å². The van der Waals surface area contributed by atoms with Crippen LogP contribution < -0.4 is 0 Å². The number of benzene rings is 2. The van der Waals surface area contributed by atoms with Gasteiger partial charge in [-0.2, -0.15) is 0 Å². The average Bonchev–Trinajstić information content (AvgIpc) is 2.25. The number of rotatable bonds is 3. The third kappa shape index (κ3) is 2.40. The van der Waals surface area contributed by atoms with Crippen molar-refractivity contribution in [3.63, 3.8) is 0 Å². The van der Waals surface area contributed by atoms with Crippen LogP contribution in [0.25, 0.3) is 10.8 Å². The highest BCUT2D eigenvalue weighted by Crippen LogP contribution is 2.26. The Labute approximate surface area is 90.1 Å². The predicted octanol–water partition coefficient (Wildman–Crippen LogP) is 2.97. The summed E-state index contributed by atoms with van der Waals surface area (Å²) in [5, 5.41) is 22.7. The fourth-order valence-corrected chi connectivity index (χ4v) is 1.73. The van der Waals surface area contributed by atoms with E-state index in [0.717, 1.165) is 27.7 Å². The predicted molar refractivity (Wildman–Crippen MR) is 56.3 cm³/mol. The van der Waals surface area contributed by atoms with Gasteiger partial charge in [0.15, 0.2) is 0 Å². The lowest BCUT2D eigenvalue weighted by Gasteiger charge is -2.01. The van der Waals surface area contributed by atoms with Gasteiger partial charge in [-0.15, -0.1) is 4.33 Å². The van der Waals surface area contributed by atoms with Gasteiger partial charge >= 0.3 is 0 Å². The topological polar surface area (TPSA) is 58.9 Å². The molecule has 0 fully saturated rings. The second-order valence-corrected chi connectivity index (χ2v) is 3.69. The van der Waals surface area contributed by atoms with Crippen molar-refractivity contribution in [3.05, 3.63) is 36.4 Å². The summed E-state index contributed by atoms with van der Waals surface area (Å²) in [5.41, 5.74) is 0. The molecule has 0 aromatic heterocycles. The van der Waals surface area contributed by atoms with E-state index in [-0.39, 0.29) is 5.75 Å². The summed E-state index contributed by atoms with van der Waals surface area (Å²) in [6, 6.07) is 10.6. The number of fused-ring (bicyclic) bond motifs is 1. The minimum Gasteiger partial charge on any atom is -0.508 e. The van der Waals surface area contributed by atoms with E-state index in [9.17, 15) is 5.11 Å². The van der Waals surface area contributed by atoms with Crippen LogP contribution in [0.5, 0.6) is 5.75 Å². The lowest BCUT2D eigenvalue weighted by Crippen LogP contribution is -1.79. The molecule has 0 aliphatic heterocycles. The Balaban J connectivity index is 2.36. The monoisotopic (exact) mass is 224 g/mol. The van der Waals surface area contributed by atoms with Gasteiger partial charge in [0.2, 0.25) is 0 Å². The van der Waals surface area contributed by atoms with E-state index >= 15 is 0 Å². The summed E-state index contributed by atoms with van der Waals surface area (Å²) >= 11 is 0.887. The quantitative estimate of drug-likeness (QED) is 0.477. The zero-order chi connectivity index (χ0) is 10.7. The van der Waals surface area contributed by atoms with Gasteiger partial charge in [0.05, 0.1) is 12.0 Å². The molecular weight excluding hydrogens is 216 g/mol. The fourth-order valence-electron chi connectivity index (χ4n) is 1.32. The van der Waals surface area contributed by atoms with E-state index in [4.69, 9.17) is 5.26 Å². The van der Waals surface area contributed by atoms with Gasteiger partial charge < -0.3 is 5.11 Å². The Kier molecular flexibility index (Phi) is 3.08. The maximum Gasteiger partial charge on any atom is 0.116 e. The molecule has 0 saturated heterocycles. The summed E-state index contributed by atoms with van der Waals surface area (Å²) in [6.07, 6.45) is 0. The lowest BCUT2D eigenvalue weighted by atomic mass is 10.1. The van der Waals surface area contributed by atoms with E-state index in [1.54, 1.807) is 12.1 Å². The first kappa shape index (κ1) is 10.3. The van der Waals surface area contributed by atoms with Crippen LogP contribution >= 0.6 is 12.0 Å². The number of hydrogen-bond acceptors (Lipinski definition) is 5. The van der Waals surface area contributed by atoms with Crippen LogP contribution in [-0.2, 0) is 9.37 Å². The highest BCUT2D eigenvalue weighted by atomic mass is 32.2. The van der Waals surface area contributed by atoms with Crippen molar-refractivity contribution in [2.75, 3.05) is 0 Å². The van der Waals surface area contributed by atoms with Crippen LogP contribution in [0, 0.1) is 0 Å². The number of phenols is 1. The van der Waals surface area contributed by atoms with Gasteiger partial charge in [0.1, 0.15) is 5.75 Å². The fraction of sp³-hybridized carbons (Fsp3) is 0. The molecule has 0 aliphatic rings. The second-order valence-electron chi connectivity index (χ2n) is 2.92. The Morgan fingerprint density at radius 2 is 1.80 bits per heavy atom. The molecule has 2 aromatic rings. The largest absolute Gasteiger partial charge is 0.508 e. The molecule has 0 spiro atoms. The second kappa shape index (κ2) is 4.50. The normalized spacial score (nSPS) is 10.7. The van der Waals surface area contributed by atoms with Crippen molar-refractivity contribution in [2.45, 2.75) is 4.90 Å². The Morgan fingerprint density at radius 1 is 1.00 bits per heavy atom. The lowest BCUT2D eigenvalue weighted by molar-refractivity contribution is -0.432. The zero-order valence-corrected chi connectivity index (χ0v) is 8.40. The Bertz CT molecular complexity index is 472. The number of aromatic hydroxyl groups is 1. The third-order valence-corrected chi connectivity index (χ3v) is 2.53. The summed E-state index contributed by atoms with van der Waals surface area (Å²) in [5.74, 6) is 0.212. The Morgan fingerprint density at radius 3 is 2.60 bits per heavy atom. The molecule has 0 saturated carbocycles. The van der Waals surface area contributed by atoms with Crippen LogP contribution in [0.2, 0.25) is 0 Å². The van der Waals surface area contributed by atoms with Crippen molar-refractivity contribution in [3.8, 4) is 5.75 Å². The molecule has 0 radical (unpaired) electrons. The molecule has 15 heavy (non-hydrogen) atoms. The van der Waals surface area contributed by atoms with Crippen LogP contribution in [0.1, 0.15) is 0 Å². The molecule has 2 aromatic carbocycles. The molecule has 0 bridgehead atoms. The van der Waals surface area contributed by atoms with Crippen molar-refractivity contribution in [1.82, 2.24) is 0 Å². The molecule has 78 valence electrons. The van der Waals surface area contributed by atoms with E-state index < -0.39 is 0 Å². The highest BCUT2D eigenvalue weighted by molar-refractivity contribution is 7.94. The Hall–Kier alpha value is -1.27. The summed E-state index contributed by atoms with van der Waals surface area (Å²) < 4.78 is 4.31. The van der Waals surface area contributed by atoms with Crippen molar-refractivity contribution < 1.29 is 19.7 Å². The van der Waals surface area contributed by atoms with E-state index in [2.05, 4.69) is 9.37 Å². The molecular formula is C10H8O4S. The molecule has 0 amide bonds. The molecule has 0 aliphatic carbocycles. The molecule has 0 unspecified atom stereocenters. The van der Waals surface area contributed by atoms with E-state index in [1.165, 1.54) is 0 Å². The maximum absolute atomic E-state index is 9.29. The van der Waals surface area contributed by atoms with Crippen molar-refractivity contribution in [2.24, 2.45) is 0 Å². The van der Waals surface area contributed by atoms with Crippen molar-refractivity contribution >= 4 is 22.8 Å². The molecule has 0 atom stereocenters. The molecule has 2 rings (SSSR count). The maximum atomic E-state index is 9.29. The average molecular weight is 224 g/mol. The minimum atomic E-state index is 0.212. The molecule has 5 heteroatoms. The van der Waals surface area contributed by atoms with Gasteiger partial charge in [-0.3, -0.25) is 0 Å². The van der Waals surface area contributed by atoms with Gasteiger partial charge in [0, 0.05) is 4.90 Å². The highest BCUT2D eigenvalue weighted by Gasteiger charge is 1.99. The van der Waals surface area contributed by atoms with Gasteiger partial charge in [0.25, 0.3) is 0 Å². The van der Waals surface area contributed by atoms with Gasteiger partial charge in [-0.05, 0) is 35.0 Å². The summed E-state index contributed by atoms with van der Waals surface area (Å²) in [6.45, 7) is 0. The minimum absolute atomic E-state index is 0.212.